The van der Waals surface area contributed by atoms with E-state index in [2.05, 4.69) is 19.2 Å². The van der Waals surface area contributed by atoms with Crippen LogP contribution in [-0.4, -0.2) is 30.7 Å². The van der Waals surface area contributed by atoms with Crippen molar-refractivity contribution in [3.8, 4) is 0 Å². The smallest absolute Gasteiger partial charge is 0.222 e. The van der Waals surface area contributed by atoms with Gasteiger partial charge in [-0.3, -0.25) is 4.79 Å². The first-order valence-electron chi connectivity index (χ1n) is 6.39. The van der Waals surface area contributed by atoms with Crippen LogP contribution in [0.3, 0.4) is 0 Å². The maximum atomic E-state index is 11.6. The van der Waals surface area contributed by atoms with Crippen molar-refractivity contribution in [3.05, 3.63) is 0 Å². The molecule has 1 amide bonds. The van der Waals surface area contributed by atoms with Gasteiger partial charge in [-0.15, -0.1) is 12.4 Å². The highest BCUT2D eigenvalue weighted by Crippen LogP contribution is 2.07. The molecule has 0 fully saturated rings. The number of nitrogens with two attached hydrogens (primary N) is 1. The van der Waals surface area contributed by atoms with E-state index in [0.29, 0.717) is 25.5 Å². The van der Waals surface area contributed by atoms with Crippen molar-refractivity contribution < 1.29 is 9.53 Å². The molecule has 0 saturated carbocycles. The first-order valence-corrected chi connectivity index (χ1v) is 6.39. The normalized spacial score (nSPS) is 13.1. The van der Waals surface area contributed by atoms with Gasteiger partial charge in [0.1, 0.15) is 0 Å². The summed E-state index contributed by atoms with van der Waals surface area (Å²) in [6.07, 6.45) is 1.63. The van der Waals surface area contributed by atoms with Crippen molar-refractivity contribution in [2.24, 2.45) is 11.7 Å². The predicted molar refractivity (Wildman–Crippen MR) is 78.0 cm³/mol. The Hall–Kier alpha value is -0.320. The highest BCUT2D eigenvalue weighted by Gasteiger charge is 2.17. The van der Waals surface area contributed by atoms with E-state index in [1.165, 1.54) is 0 Å². The molecular formula is C13H29ClN2O2. The Kier molecular flexibility index (Phi) is 10.7. The summed E-state index contributed by atoms with van der Waals surface area (Å²) in [4.78, 5) is 11.6. The maximum Gasteiger partial charge on any atom is 0.222 e. The lowest BCUT2D eigenvalue weighted by molar-refractivity contribution is -0.124. The van der Waals surface area contributed by atoms with Crippen molar-refractivity contribution in [1.82, 2.24) is 5.32 Å². The van der Waals surface area contributed by atoms with Crippen LogP contribution in [0.1, 0.15) is 47.5 Å². The zero-order valence-electron chi connectivity index (χ0n) is 12.3. The second kappa shape index (κ2) is 9.59. The summed E-state index contributed by atoms with van der Waals surface area (Å²) in [6, 6.07) is 0. The van der Waals surface area contributed by atoms with E-state index < -0.39 is 0 Å². The Morgan fingerprint density at radius 1 is 1.33 bits per heavy atom. The summed E-state index contributed by atoms with van der Waals surface area (Å²) in [5.74, 6) is 0.618. The minimum absolute atomic E-state index is 0. The molecule has 0 radical (unpaired) electrons. The van der Waals surface area contributed by atoms with Crippen LogP contribution in [0.2, 0.25) is 0 Å². The zero-order valence-corrected chi connectivity index (χ0v) is 13.1. The van der Waals surface area contributed by atoms with Crippen LogP contribution in [0.5, 0.6) is 0 Å². The number of nitrogens with one attached hydrogen (secondary N) is 1. The Morgan fingerprint density at radius 2 is 1.89 bits per heavy atom. The monoisotopic (exact) mass is 280 g/mol. The third-order valence-corrected chi connectivity index (χ3v) is 2.52. The summed E-state index contributed by atoms with van der Waals surface area (Å²) in [6.45, 7) is 11.1. The first-order chi connectivity index (χ1) is 7.76. The van der Waals surface area contributed by atoms with Crippen LogP contribution < -0.4 is 11.1 Å². The number of hydrogen-bond donors (Lipinski definition) is 2. The highest BCUT2D eigenvalue weighted by atomic mass is 35.5. The lowest BCUT2D eigenvalue weighted by Crippen LogP contribution is -2.49. The fourth-order valence-electron chi connectivity index (χ4n) is 1.58. The molecule has 0 aromatic heterocycles. The Balaban J connectivity index is 0. The average molecular weight is 281 g/mol. The standard InChI is InChI=1S/C13H28N2O2.ClH/c1-10(2)8-11(3)17-7-6-12(16)15-13(4,5)9-14;/h10-11H,6-9,14H2,1-5H3,(H,15,16);1H. The van der Waals surface area contributed by atoms with Crippen molar-refractivity contribution in [3.63, 3.8) is 0 Å². The molecule has 0 aromatic rings. The minimum atomic E-state index is -0.333. The lowest BCUT2D eigenvalue weighted by Gasteiger charge is -2.24. The minimum Gasteiger partial charge on any atom is -0.378 e. The van der Waals surface area contributed by atoms with E-state index in [4.69, 9.17) is 10.5 Å². The van der Waals surface area contributed by atoms with Crippen LogP contribution in [0.15, 0.2) is 0 Å². The molecule has 3 N–H and O–H groups in total. The fraction of sp³-hybridized carbons (Fsp3) is 0.923. The van der Waals surface area contributed by atoms with E-state index in [1.807, 2.05) is 20.8 Å². The molecule has 0 rings (SSSR count). The molecule has 0 heterocycles. The van der Waals surface area contributed by atoms with E-state index in [1.54, 1.807) is 0 Å². The molecule has 0 aromatic carbocycles. The van der Waals surface area contributed by atoms with Crippen LogP contribution >= 0.6 is 12.4 Å². The van der Waals surface area contributed by atoms with Gasteiger partial charge in [0.05, 0.1) is 12.7 Å². The lowest BCUT2D eigenvalue weighted by atomic mass is 10.1. The van der Waals surface area contributed by atoms with Gasteiger partial charge in [-0.05, 0) is 33.1 Å². The Labute approximate surface area is 117 Å². The molecule has 0 spiro atoms. The van der Waals surface area contributed by atoms with Crippen LogP contribution in [-0.2, 0) is 9.53 Å². The van der Waals surface area contributed by atoms with Gasteiger partial charge in [0.2, 0.25) is 5.91 Å². The highest BCUT2D eigenvalue weighted by molar-refractivity contribution is 5.85. The summed E-state index contributed by atoms with van der Waals surface area (Å²) in [5, 5.41) is 2.88. The summed E-state index contributed by atoms with van der Waals surface area (Å²) >= 11 is 0. The number of ether oxygens (including phenoxy) is 1. The second-order valence-corrected chi connectivity index (χ2v) is 5.70. The molecule has 18 heavy (non-hydrogen) atoms. The largest absolute Gasteiger partial charge is 0.378 e. The van der Waals surface area contributed by atoms with Gasteiger partial charge in [-0.25, -0.2) is 0 Å². The number of carbonyl (C=O) groups is 1. The quantitative estimate of drug-likeness (QED) is 0.716. The first kappa shape index (κ1) is 20.0. The van der Waals surface area contributed by atoms with Crippen LogP contribution in [0, 0.1) is 5.92 Å². The van der Waals surface area contributed by atoms with Crippen molar-refractivity contribution >= 4 is 18.3 Å². The predicted octanol–water partition coefficient (Wildman–Crippen LogP) is 2.10. The Morgan fingerprint density at radius 3 is 2.33 bits per heavy atom. The van der Waals surface area contributed by atoms with Crippen molar-refractivity contribution in [1.29, 1.82) is 0 Å². The average Bonchev–Trinajstić information content (AvgIpc) is 2.15. The van der Waals surface area contributed by atoms with E-state index >= 15 is 0 Å². The molecule has 0 aliphatic carbocycles. The molecule has 110 valence electrons. The second-order valence-electron chi connectivity index (χ2n) is 5.70. The van der Waals surface area contributed by atoms with Gasteiger partial charge in [0.15, 0.2) is 0 Å². The molecule has 0 aliphatic heterocycles. The van der Waals surface area contributed by atoms with Gasteiger partial charge < -0.3 is 15.8 Å². The van der Waals surface area contributed by atoms with Crippen LogP contribution in [0.25, 0.3) is 0 Å². The Bertz CT molecular complexity index is 233. The molecule has 0 aliphatic rings. The van der Waals surface area contributed by atoms with E-state index in [-0.39, 0.29) is 30.0 Å². The van der Waals surface area contributed by atoms with Crippen LogP contribution in [0.4, 0.5) is 0 Å². The summed E-state index contributed by atoms with van der Waals surface area (Å²) < 4.78 is 5.58. The zero-order chi connectivity index (χ0) is 13.5. The molecular weight excluding hydrogens is 252 g/mol. The van der Waals surface area contributed by atoms with Crippen molar-refractivity contribution in [2.45, 2.75) is 59.1 Å². The van der Waals surface area contributed by atoms with Gasteiger partial charge in [0.25, 0.3) is 0 Å². The van der Waals surface area contributed by atoms with Crippen molar-refractivity contribution in [2.75, 3.05) is 13.2 Å². The number of amides is 1. The van der Waals surface area contributed by atoms with E-state index in [9.17, 15) is 4.79 Å². The maximum absolute atomic E-state index is 11.6. The van der Waals surface area contributed by atoms with Gasteiger partial charge in [-0.2, -0.15) is 0 Å². The third kappa shape index (κ3) is 10.8. The number of halogens is 1. The van der Waals surface area contributed by atoms with Gasteiger partial charge >= 0.3 is 0 Å². The third-order valence-electron chi connectivity index (χ3n) is 2.52. The van der Waals surface area contributed by atoms with Gasteiger partial charge in [-0.1, -0.05) is 13.8 Å². The number of rotatable bonds is 8. The topological polar surface area (TPSA) is 64.3 Å². The molecule has 1 unspecified atom stereocenters. The number of hydrogen-bond acceptors (Lipinski definition) is 3. The van der Waals surface area contributed by atoms with Gasteiger partial charge in [0, 0.05) is 18.5 Å². The molecule has 4 nitrogen and oxygen atoms in total. The summed E-state index contributed by atoms with van der Waals surface area (Å²) in [7, 11) is 0. The fourth-order valence-corrected chi connectivity index (χ4v) is 1.58. The SMILES string of the molecule is CC(C)CC(C)OCCC(=O)NC(C)(C)CN.Cl. The number of carbonyl (C=O) groups excluding carboxylic acids is 1. The molecule has 5 heteroatoms. The summed E-state index contributed by atoms with van der Waals surface area (Å²) in [5.41, 5.74) is 5.21. The molecule has 0 bridgehead atoms. The van der Waals surface area contributed by atoms with E-state index in [0.717, 1.165) is 6.42 Å². The molecule has 0 saturated heterocycles. The molecule has 1 atom stereocenters.